The Morgan fingerprint density at radius 1 is 1.56 bits per heavy atom. The van der Waals surface area contributed by atoms with Crippen molar-refractivity contribution in [3.63, 3.8) is 0 Å². The Balaban J connectivity index is 2.17. The molecule has 4 heteroatoms. The van der Waals surface area contributed by atoms with Gasteiger partial charge in [0.1, 0.15) is 5.82 Å². The lowest BCUT2D eigenvalue weighted by Crippen LogP contribution is -2.30. The number of hydrogen-bond donors (Lipinski definition) is 2. The van der Waals surface area contributed by atoms with E-state index in [0.29, 0.717) is 19.3 Å². The molecule has 0 aromatic heterocycles. The fourth-order valence-corrected chi connectivity index (χ4v) is 2.73. The Bertz CT molecular complexity index is 399. The van der Waals surface area contributed by atoms with Gasteiger partial charge in [-0.1, -0.05) is 15.9 Å². The van der Waals surface area contributed by atoms with E-state index in [1.165, 1.54) is 12.1 Å². The van der Waals surface area contributed by atoms with Crippen LogP contribution in [0.3, 0.4) is 0 Å². The molecule has 0 amide bonds. The third kappa shape index (κ3) is 2.62. The summed E-state index contributed by atoms with van der Waals surface area (Å²) in [6.45, 7) is 0. The molecule has 3 N–H and O–H groups in total. The van der Waals surface area contributed by atoms with Crippen LogP contribution in [0.2, 0.25) is 0 Å². The van der Waals surface area contributed by atoms with Crippen molar-refractivity contribution >= 4 is 15.9 Å². The highest BCUT2D eigenvalue weighted by molar-refractivity contribution is 9.10. The summed E-state index contributed by atoms with van der Waals surface area (Å²) in [4.78, 5) is 0. The molecule has 88 valence electrons. The van der Waals surface area contributed by atoms with Crippen molar-refractivity contribution in [3.05, 3.63) is 34.1 Å². The third-order valence-electron chi connectivity index (χ3n) is 3.15. The highest BCUT2D eigenvalue weighted by Crippen LogP contribution is 2.34. The van der Waals surface area contributed by atoms with Crippen LogP contribution in [0.25, 0.3) is 0 Å². The first-order chi connectivity index (χ1) is 7.48. The minimum atomic E-state index is -0.768. The van der Waals surface area contributed by atoms with Crippen LogP contribution >= 0.6 is 15.9 Å². The molecule has 0 saturated heterocycles. The number of nitrogens with two attached hydrogens (primary N) is 1. The zero-order chi connectivity index (χ0) is 11.8. The van der Waals surface area contributed by atoms with Gasteiger partial charge in [-0.25, -0.2) is 4.39 Å². The first-order valence-electron chi connectivity index (χ1n) is 5.40. The van der Waals surface area contributed by atoms with E-state index in [1.807, 2.05) is 0 Å². The maximum absolute atomic E-state index is 13.1. The van der Waals surface area contributed by atoms with Crippen LogP contribution in [0.5, 0.6) is 0 Å². The molecule has 1 aromatic carbocycles. The molecule has 1 aromatic rings. The Morgan fingerprint density at radius 2 is 2.31 bits per heavy atom. The van der Waals surface area contributed by atoms with Crippen molar-refractivity contribution in [2.24, 2.45) is 5.73 Å². The molecule has 2 atom stereocenters. The zero-order valence-electron chi connectivity index (χ0n) is 8.92. The molecular weight excluding hydrogens is 273 g/mol. The molecule has 0 aliphatic heterocycles. The molecule has 1 aliphatic carbocycles. The Morgan fingerprint density at radius 3 is 2.94 bits per heavy atom. The van der Waals surface area contributed by atoms with Crippen LogP contribution < -0.4 is 5.73 Å². The highest BCUT2D eigenvalue weighted by Gasteiger charge is 2.36. The molecule has 2 rings (SSSR count). The maximum Gasteiger partial charge on any atom is 0.123 e. The normalized spacial score (nSPS) is 29.6. The smallest absolute Gasteiger partial charge is 0.123 e. The fraction of sp³-hybridized carbons (Fsp3) is 0.500. The molecule has 2 unspecified atom stereocenters. The van der Waals surface area contributed by atoms with Gasteiger partial charge in [-0.05, 0) is 43.0 Å². The first kappa shape index (κ1) is 12.0. The van der Waals surface area contributed by atoms with Crippen molar-refractivity contribution in [2.45, 2.75) is 37.3 Å². The van der Waals surface area contributed by atoms with E-state index in [1.54, 1.807) is 6.07 Å². The third-order valence-corrected chi connectivity index (χ3v) is 3.92. The van der Waals surface area contributed by atoms with Crippen LogP contribution in [0.1, 0.15) is 24.8 Å². The molecule has 0 radical (unpaired) electrons. The van der Waals surface area contributed by atoms with Crippen molar-refractivity contribution in [2.75, 3.05) is 0 Å². The Labute approximate surface area is 103 Å². The minimum Gasteiger partial charge on any atom is -0.389 e. The van der Waals surface area contributed by atoms with Gasteiger partial charge in [-0.15, -0.1) is 0 Å². The van der Waals surface area contributed by atoms with Crippen LogP contribution in [0, 0.1) is 5.82 Å². The summed E-state index contributed by atoms with van der Waals surface area (Å²) in [7, 11) is 0. The summed E-state index contributed by atoms with van der Waals surface area (Å²) in [5.74, 6) is -0.274. The average molecular weight is 288 g/mol. The van der Waals surface area contributed by atoms with Crippen LogP contribution in [-0.2, 0) is 6.42 Å². The first-order valence-corrected chi connectivity index (χ1v) is 6.20. The summed E-state index contributed by atoms with van der Waals surface area (Å²) < 4.78 is 13.9. The van der Waals surface area contributed by atoms with Crippen molar-refractivity contribution in [1.29, 1.82) is 0 Å². The van der Waals surface area contributed by atoms with Gasteiger partial charge >= 0.3 is 0 Å². The molecule has 2 nitrogen and oxygen atoms in total. The van der Waals surface area contributed by atoms with Crippen molar-refractivity contribution < 1.29 is 9.50 Å². The van der Waals surface area contributed by atoms with Gasteiger partial charge in [0.25, 0.3) is 0 Å². The molecule has 1 aliphatic rings. The van der Waals surface area contributed by atoms with Gasteiger partial charge in [-0.3, -0.25) is 0 Å². The Hall–Kier alpha value is -0.450. The summed E-state index contributed by atoms with van der Waals surface area (Å²) in [5.41, 5.74) is 5.82. The largest absolute Gasteiger partial charge is 0.389 e. The van der Waals surface area contributed by atoms with E-state index in [4.69, 9.17) is 5.73 Å². The molecule has 0 heterocycles. The van der Waals surface area contributed by atoms with Gasteiger partial charge in [0, 0.05) is 16.9 Å². The predicted molar refractivity (Wildman–Crippen MR) is 64.6 cm³/mol. The highest BCUT2D eigenvalue weighted by atomic mass is 79.9. The quantitative estimate of drug-likeness (QED) is 0.877. The zero-order valence-corrected chi connectivity index (χ0v) is 10.5. The second-order valence-electron chi connectivity index (χ2n) is 4.64. The maximum atomic E-state index is 13.1. The van der Waals surface area contributed by atoms with E-state index in [0.717, 1.165) is 16.5 Å². The van der Waals surface area contributed by atoms with Crippen molar-refractivity contribution in [1.82, 2.24) is 0 Å². The lowest BCUT2D eigenvalue weighted by Gasteiger charge is -2.23. The van der Waals surface area contributed by atoms with Gasteiger partial charge in [0.15, 0.2) is 0 Å². The molecular formula is C12H15BrFNO. The average Bonchev–Trinajstić information content (AvgIpc) is 2.52. The van der Waals surface area contributed by atoms with E-state index in [2.05, 4.69) is 15.9 Å². The number of hydrogen-bond acceptors (Lipinski definition) is 2. The van der Waals surface area contributed by atoms with Gasteiger partial charge in [0.05, 0.1) is 5.60 Å². The van der Waals surface area contributed by atoms with E-state index in [-0.39, 0.29) is 11.9 Å². The summed E-state index contributed by atoms with van der Waals surface area (Å²) in [6.07, 6.45) is 2.58. The second-order valence-corrected chi connectivity index (χ2v) is 5.49. The number of halogens is 2. The van der Waals surface area contributed by atoms with Gasteiger partial charge < -0.3 is 10.8 Å². The topological polar surface area (TPSA) is 46.2 Å². The molecule has 16 heavy (non-hydrogen) atoms. The lowest BCUT2D eigenvalue weighted by molar-refractivity contribution is 0.0466. The molecule has 1 saturated carbocycles. The van der Waals surface area contributed by atoms with Crippen LogP contribution in [-0.4, -0.2) is 16.7 Å². The summed E-state index contributed by atoms with van der Waals surface area (Å²) >= 11 is 3.37. The van der Waals surface area contributed by atoms with E-state index < -0.39 is 5.60 Å². The van der Waals surface area contributed by atoms with E-state index in [9.17, 15) is 9.50 Å². The summed E-state index contributed by atoms with van der Waals surface area (Å²) in [5, 5.41) is 10.3. The number of aliphatic hydroxyl groups is 1. The predicted octanol–water partition coefficient (Wildman–Crippen LogP) is 2.37. The van der Waals surface area contributed by atoms with Crippen LogP contribution in [0.4, 0.5) is 4.39 Å². The Kier molecular flexibility index (Phi) is 3.33. The SMILES string of the molecule is NC1CCC(O)(Cc2cc(F)ccc2Br)C1. The standard InChI is InChI=1S/C12H15BrFNO/c13-11-2-1-9(14)5-8(11)6-12(16)4-3-10(15)7-12/h1-2,5,10,16H,3-4,6-7,15H2. The second kappa shape index (κ2) is 4.43. The van der Waals surface area contributed by atoms with Crippen LogP contribution in [0.15, 0.2) is 22.7 Å². The number of rotatable bonds is 2. The molecule has 1 fully saturated rings. The summed E-state index contributed by atoms with van der Waals surface area (Å²) in [6, 6.07) is 4.60. The van der Waals surface area contributed by atoms with Gasteiger partial charge in [0.2, 0.25) is 0 Å². The minimum absolute atomic E-state index is 0.0670. The number of benzene rings is 1. The lowest BCUT2D eigenvalue weighted by atomic mass is 9.93. The van der Waals surface area contributed by atoms with Crippen molar-refractivity contribution in [3.8, 4) is 0 Å². The monoisotopic (exact) mass is 287 g/mol. The van der Waals surface area contributed by atoms with E-state index >= 15 is 0 Å². The van der Waals surface area contributed by atoms with Gasteiger partial charge in [-0.2, -0.15) is 0 Å². The fourth-order valence-electron chi connectivity index (χ4n) is 2.34. The molecule has 0 spiro atoms. The molecule has 0 bridgehead atoms.